The van der Waals surface area contributed by atoms with E-state index in [2.05, 4.69) is 34.9 Å². The minimum atomic E-state index is -0.411. The third kappa shape index (κ3) is 3.73. The molecule has 1 aliphatic rings. The number of fused-ring (bicyclic) bond motifs is 1. The molecule has 2 aromatic carbocycles. The van der Waals surface area contributed by atoms with Gasteiger partial charge in [-0.15, -0.1) is 12.4 Å². The van der Waals surface area contributed by atoms with Gasteiger partial charge < -0.3 is 15.7 Å². The van der Waals surface area contributed by atoms with Crippen LogP contribution < -0.4 is 10.6 Å². The van der Waals surface area contributed by atoms with Gasteiger partial charge in [-0.25, -0.2) is 0 Å². The molecule has 3 rings (SSSR count). The fourth-order valence-corrected chi connectivity index (χ4v) is 2.58. The number of hydrogen-bond acceptors (Lipinski definition) is 3. The van der Waals surface area contributed by atoms with Crippen LogP contribution in [-0.4, -0.2) is 29.7 Å². The van der Waals surface area contributed by atoms with Crippen LogP contribution in [0.15, 0.2) is 42.5 Å². The molecule has 21 heavy (non-hydrogen) atoms. The average Bonchev–Trinajstić information content (AvgIpc) is 2.91. The van der Waals surface area contributed by atoms with E-state index in [9.17, 15) is 9.90 Å². The van der Waals surface area contributed by atoms with E-state index >= 15 is 0 Å². The Morgan fingerprint density at radius 3 is 2.71 bits per heavy atom. The molecule has 1 fully saturated rings. The molecular formula is C16H19ClN2O2. The Kier molecular flexibility index (Phi) is 5.17. The summed E-state index contributed by atoms with van der Waals surface area (Å²) in [5, 5.41) is 17.7. The zero-order chi connectivity index (χ0) is 13.9. The first-order valence-electron chi connectivity index (χ1n) is 6.89. The summed E-state index contributed by atoms with van der Waals surface area (Å²) in [4.78, 5) is 11.9. The molecule has 3 N–H and O–H groups in total. The van der Waals surface area contributed by atoms with Gasteiger partial charge in [0.05, 0.1) is 12.1 Å². The molecule has 1 saturated heterocycles. The molecule has 5 heteroatoms. The van der Waals surface area contributed by atoms with Gasteiger partial charge in [0.15, 0.2) is 0 Å². The molecule has 0 unspecified atom stereocenters. The Morgan fingerprint density at radius 1 is 1.24 bits per heavy atom. The maximum Gasteiger partial charge on any atom is 0.237 e. The number of aliphatic hydroxyl groups is 1. The molecule has 1 aliphatic heterocycles. The summed E-state index contributed by atoms with van der Waals surface area (Å²) < 4.78 is 0. The van der Waals surface area contributed by atoms with Crippen LogP contribution in [0.25, 0.3) is 10.8 Å². The Morgan fingerprint density at radius 2 is 2.00 bits per heavy atom. The minimum Gasteiger partial charge on any atom is -0.392 e. The smallest absolute Gasteiger partial charge is 0.237 e. The number of β-amino-alcohol motifs (C(OH)–C–C–N with tert-alkyl or cyclic N) is 1. The van der Waals surface area contributed by atoms with E-state index < -0.39 is 6.10 Å². The van der Waals surface area contributed by atoms with Crippen LogP contribution in [0.3, 0.4) is 0 Å². The topological polar surface area (TPSA) is 61.4 Å². The van der Waals surface area contributed by atoms with Crippen LogP contribution >= 0.6 is 12.4 Å². The van der Waals surface area contributed by atoms with Crippen molar-refractivity contribution < 1.29 is 9.90 Å². The first kappa shape index (κ1) is 15.8. The zero-order valence-electron chi connectivity index (χ0n) is 11.6. The number of benzene rings is 2. The van der Waals surface area contributed by atoms with E-state index in [-0.39, 0.29) is 24.4 Å². The summed E-state index contributed by atoms with van der Waals surface area (Å²) in [5.74, 6) is -0.0466. The monoisotopic (exact) mass is 306 g/mol. The summed E-state index contributed by atoms with van der Waals surface area (Å²) in [6, 6.07) is 14.1. The predicted molar refractivity (Wildman–Crippen MR) is 85.5 cm³/mol. The van der Waals surface area contributed by atoms with Crippen LogP contribution in [0.1, 0.15) is 12.0 Å². The van der Waals surface area contributed by atoms with Gasteiger partial charge in [0.1, 0.15) is 0 Å². The van der Waals surface area contributed by atoms with E-state index in [1.807, 2.05) is 18.2 Å². The third-order valence-electron chi connectivity index (χ3n) is 3.70. The molecule has 2 atom stereocenters. The summed E-state index contributed by atoms with van der Waals surface area (Å²) in [6.07, 6.45) is 0.0789. The van der Waals surface area contributed by atoms with Crippen molar-refractivity contribution in [1.82, 2.24) is 10.6 Å². The van der Waals surface area contributed by atoms with Crippen molar-refractivity contribution >= 4 is 29.1 Å². The summed E-state index contributed by atoms with van der Waals surface area (Å²) >= 11 is 0. The van der Waals surface area contributed by atoms with Crippen molar-refractivity contribution in [3.05, 3.63) is 48.0 Å². The molecule has 0 bridgehead atoms. The molecule has 4 nitrogen and oxygen atoms in total. The van der Waals surface area contributed by atoms with E-state index in [1.54, 1.807) is 0 Å². The van der Waals surface area contributed by atoms with Gasteiger partial charge >= 0.3 is 0 Å². The van der Waals surface area contributed by atoms with E-state index in [4.69, 9.17) is 0 Å². The van der Waals surface area contributed by atoms with Gasteiger partial charge in [0.25, 0.3) is 0 Å². The van der Waals surface area contributed by atoms with Crippen LogP contribution in [0.5, 0.6) is 0 Å². The summed E-state index contributed by atoms with van der Waals surface area (Å²) in [6.45, 7) is 1.01. The highest BCUT2D eigenvalue weighted by atomic mass is 35.5. The molecule has 0 aliphatic carbocycles. The molecule has 1 heterocycles. The van der Waals surface area contributed by atoms with Crippen LogP contribution in [0, 0.1) is 0 Å². The molecule has 1 amide bonds. The van der Waals surface area contributed by atoms with Crippen molar-refractivity contribution in [3.8, 4) is 0 Å². The van der Waals surface area contributed by atoms with E-state index in [1.165, 1.54) is 10.8 Å². The van der Waals surface area contributed by atoms with Gasteiger partial charge in [-0.3, -0.25) is 4.79 Å². The normalized spacial score (nSPS) is 21.0. The lowest BCUT2D eigenvalue weighted by Crippen LogP contribution is -2.39. The molecule has 112 valence electrons. The Balaban J connectivity index is 0.00000161. The summed E-state index contributed by atoms with van der Waals surface area (Å²) in [5.41, 5.74) is 1.08. The van der Waals surface area contributed by atoms with Crippen molar-refractivity contribution in [2.75, 3.05) is 6.54 Å². The maximum atomic E-state index is 11.9. The van der Waals surface area contributed by atoms with Gasteiger partial charge in [-0.1, -0.05) is 36.4 Å². The van der Waals surface area contributed by atoms with E-state index in [0.29, 0.717) is 19.5 Å². The number of hydrogen-bond donors (Lipinski definition) is 3. The van der Waals surface area contributed by atoms with E-state index in [0.717, 1.165) is 5.56 Å². The third-order valence-corrected chi connectivity index (χ3v) is 3.70. The lowest BCUT2D eigenvalue weighted by atomic mass is 10.1. The molecule has 0 spiro atoms. The second kappa shape index (κ2) is 6.89. The molecule has 0 radical (unpaired) electrons. The first-order chi connectivity index (χ1) is 9.72. The number of carbonyl (C=O) groups excluding carboxylic acids is 1. The second-order valence-corrected chi connectivity index (χ2v) is 5.25. The van der Waals surface area contributed by atoms with Crippen molar-refractivity contribution in [1.29, 1.82) is 0 Å². The van der Waals surface area contributed by atoms with Gasteiger partial charge in [-0.2, -0.15) is 0 Å². The number of nitrogens with one attached hydrogen (secondary N) is 2. The number of halogens is 1. The Labute approximate surface area is 130 Å². The quantitative estimate of drug-likeness (QED) is 0.807. The highest BCUT2D eigenvalue weighted by Crippen LogP contribution is 2.15. The maximum absolute atomic E-state index is 11.9. The SMILES string of the molecule is Cl.O=C(NCc1ccc2ccccc2c1)[C@@H]1C[C@@H](O)CN1. The van der Waals surface area contributed by atoms with Crippen molar-refractivity contribution in [2.24, 2.45) is 0 Å². The molecule has 0 saturated carbocycles. The predicted octanol–water partition coefficient (Wildman–Crippen LogP) is 1.60. The number of aliphatic hydroxyl groups excluding tert-OH is 1. The first-order valence-corrected chi connectivity index (χ1v) is 6.89. The summed E-state index contributed by atoms with van der Waals surface area (Å²) in [7, 11) is 0. The van der Waals surface area contributed by atoms with Gasteiger partial charge in [0.2, 0.25) is 5.91 Å². The van der Waals surface area contributed by atoms with Crippen molar-refractivity contribution in [2.45, 2.75) is 25.1 Å². The molecule has 2 aromatic rings. The van der Waals surface area contributed by atoms with Crippen LogP contribution in [0.2, 0.25) is 0 Å². The molecular weight excluding hydrogens is 288 g/mol. The Bertz CT molecular complexity index is 632. The highest BCUT2D eigenvalue weighted by Gasteiger charge is 2.27. The number of carbonyl (C=O) groups is 1. The lowest BCUT2D eigenvalue weighted by molar-refractivity contribution is -0.123. The van der Waals surface area contributed by atoms with Gasteiger partial charge in [-0.05, 0) is 28.8 Å². The second-order valence-electron chi connectivity index (χ2n) is 5.25. The lowest BCUT2D eigenvalue weighted by Gasteiger charge is -2.11. The highest BCUT2D eigenvalue weighted by molar-refractivity contribution is 5.85. The van der Waals surface area contributed by atoms with Crippen LogP contribution in [0.4, 0.5) is 0 Å². The Hall–Kier alpha value is -1.62. The number of rotatable bonds is 3. The fourth-order valence-electron chi connectivity index (χ4n) is 2.58. The largest absolute Gasteiger partial charge is 0.392 e. The average molecular weight is 307 g/mol. The van der Waals surface area contributed by atoms with Gasteiger partial charge in [0, 0.05) is 13.1 Å². The van der Waals surface area contributed by atoms with Crippen molar-refractivity contribution in [3.63, 3.8) is 0 Å². The minimum absolute atomic E-state index is 0. The molecule has 0 aromatic heterocycles. The van der Waals surface area contributed by atoms with Crippen LogP contribution in [-0.2, 0) is 11.3 Å². The zero-order valence-corrected chi connectivity index (χ0v) is 12.4. The number of amides is 1. The standard InChI is InChI=1S/C16H18N2O2.ClH/c19-14-8-15(17-10-14)16(20)18-9-11-5-6-12-3-1-2-4-13(12)7-11;/h1-7,14-15,17,19H,8-10H2,(H,18,20);1H/t14-,15+;/m1./s1. The fraction of sp³-hybridized carbons (Fsp3) is 0.312.